The molecule has 0 heterocycles. The summed E-state index contributed by atoms with van der Waals surface area (Å²) >= 11 is 0. The number of carbonyl (C=O) groups is 3. The van der Waals surface area contributed by atoms with Crippen molar-refractivity contribution < 1.29 is 28.6 Å². The Morgan fingerprint density at radius 3 is 1.95 bits per heavy atom. The van der Waals surface area contributed by atoms with Gasteiger partial charge in [0.1, 0.15) is 0 Å². The van der Waals surface area contributed by atoms with Crippen LogP contribution in [0.5, 0.6) is 0 Å². The molecule has 0 aromatic rings. The van der Waals surface area contributed by atoms with E-state index in [1.807, 2.05) is 0 Å². The third-order valence-electron chi connectivity index (χ3n) is 2.69. The van der Waals surface area contributed by atoms with Crippen molar-refractivity contribution in [3.8, 4) is 6.07 Å². The summed E-state index contributed by atoms with van der Waals surface area (Å²) in [4.78, 5) is 35.0. The van der Waals surface area contributed by atoms with Gasteiger partial charge in [0.05, 0.1) is 32.3 Å². The van der Waals surface area contributed by atoms with Crippen molar-refractivity contribution in [1.82, 2.24) is 0 Å². The Hall–Kier alpha value is -2.10. The van der Waals surface area contributed by atoms with Gasteiger partial charge < -0.3 is 14.2 Å². The lowest BCUT2D eigenvalue weighted by molar-refractivity contribution is -0.160. The molecule has 0 saturated carbocycles. The summed E-state index contributed by atoms with van der Waals surface area (Å²) in [7, 11) is 0. The first-order valence-electron chi connectivity index (χ1n) is 6.85. The third kappa shape index (κ3) is 6.25. The van der Waals surface area contributed by atoms with Gasteiger partial charge in [0, 0.05) is 6.42 Å². The van der Waals surface area contributed by atoms with E-state index in [0.717, 1.165) is 0 Å². The maximum absolute atomic E-state index is 12.0. The summed E-state index contributed by atoms with van der Waals surface area (Å²) in [5, 5.41) is 9.32. The van der Waals surface area contributed by atoms with Crippen LogP contribution in [-0.4, -0.2) is 37.7 Å². The van der Waals surface area contributed by atoms with Gasteiger partial charge in [0.25, 0.3) is 0 Å². The van der Waals surface area contributed by atoms with Gasteiger partial charge in [-0.1, -0.05) is 0 Å². The molecule has 118 valence electrons. The van der Waals surface area contributed by atoms with Crippen molar-refractivity contribution in [3.63, 3.8) is 0 Å². The normalized spacial score (nSPS) is 12.7. The molecule has 1 atom stereocenters. The molecule has 0 aliphatic rings. The zero-order chi connectivity index (χ0) is 16.3. The topological polar surface area (TPSA) is 103 Å². The van der Waals surface area contributed by atoms with E-state index < -0.39 is 29.7 Å². The number of ether oxygens (including phenoxy) is 3. The van der Waals surface area contributed by atoms with E-state index in [2.05, 4.69) is 0 Å². The van der Waals surface area contributed by atoms with Crippen molar-refractivity contribution in [1.29, 1.82) is 5.26 Å². The molecule has 0 rings (SSSR count). The summed E-state index contributed by atoms with van der Waals surface area (Å²) in [6.45, 7) is 5.28. The highest BCUT2D eigenvalue weighted by Gasteiger charge is 2.43. The lowest BCUT2D eigenvalue weighted by Crippen LogP contribution is -2.35. The molecule has 0 aromatic heterocycles. The predicted molar refractivity (Wildman–Crippen MR) is 71.8 cm³/mol. The predicted octanol–water partition coefficient (Wildman–Crippen LogP) is 1.36. The Balaban J connectivity index is 5.04. The SMILES string of the molecule is CCOC(=O)CCC(C#N)(CC(=O)OCC)C(=O)OCC. The Bertz CT molecular complexity index is 414. The highest BCUT2D eigenvalue weighted by atomic mass is 16.5. The molecule has 7 heteroatoms. The van der Waals surface area contributed by atoms with Gasteiger partial charge in [0.2, 0.25) is 0 Å². The average Bonchev–Trinajstić information content (AvgIpc) is 2.44. The van der Waals surface area contributed by atoms with Crippen LogP contribution in [0.25, 0.3) is 0 Å². The Morgan fingerprint density at radius 1 is 0.952 bits per heavy atom. The summed E-state index contributed by atoms with van der Waals surface area (Å²) < 4.78 is 14.4. The van der Waals surface area contributed by atoms with Crippen molar-refractivity contribution in [2.24, 2.45) is 5.41 Å². The number of rotatable bonds is 9. The van der Waals surface area contributed by atoms with Crippen molar-refractivity contribution in [2.45, 2.75) is 40.0 Å². The Labute approximate surface area is 124 Å². The Kier molecular flexibility index (Phi) is 8.77. The van der Waals surface area contributed by atoms with E-state index >= 15 is 0 Å². The molecule has 0 aliphatic carbocycles. The molecule has 0 radical (unpaired) electrons. The van der Waals surface area contributed by atoms with Crippen molar-refractivity contribution in [2.75, 3.05) is 19.8 Å². The summed E-state index contributed by atoms with van der Waals surface area (Å²) in [5.41, 5.74) is -1.73. The van der Waals surface area contributed by atoms with Gasteiger partial charge in [-0.25, -0.2) is 0 Å². The molecule has 0 N–H and O–H groups in total. The highest BCUT2D eigenvalue weighted by Crippen LogP contribution is 2.30. The van der Waals surface area contributed by atoms with Crippen LogP contribution in [0.3, 0.4) is 0 Å². The van der Waals surface area contributed by atoms with Gasteiger partial charge in [-0.05, 0) is 27.2 Å². The first-order valence-corrected chi connectivity index (χ1v) is 6.85. The second kappa shape index (κ2) is 9.75. The van der Waals surface area contributed by atoms with E-state index in [0.29, 0.717) is 0 Å². The molecule has 7 nitrogen and oxygen atoms in total. The van der Waals surface area contributed by atoms with E-state index in [1.165, 1.54) is 0 Å². The fraction of sp³-hybridized carbons (Fsp3) is 0.714. The fourth-order valence-corrected chi connectivity index (χ4v) is 1.68. The molecule has 0 bridgehead atoms. The number of nitrogens with zero attached hydrogens (tertiary/aromatic N) is 1. The number of hydrogen-bond donors (Lipinski definition) is 0. The molecular formula is C14H21NO6. The zero-order valence-electron chi connectivity index (χ0n) is 12.6. The minimum absolute atomic E-state index is 0.0739. The molecular weight excluding hydrogens is 278 g/mol. The number of nitriles is 1. The van der Waals surface area contributed by atoms with Gasteiger partial charge in [-0.2, -0.15) is 5.26 Å². The van der Waals surface area contributed by atoms with Crippen LogP contribution in [0.4, 0.5) is 0 Å². The molecule has 0 aliphatic heterocycles. The molecule has 0 amide bonds. The van der Waals surface area contributed by atoms with Crippen LogP contribution in [-0.2, 0) is 28.6 Å². The smallest absolute Gasteiger partial charge is 0.327 e. The number of esters is 3. The highest BCUT2D eigenvalue weighted by molar-refractivity contribution is 5.86. The molecule has 1 unspecified atom stereocenters. The van der Waals surface area contributed by atoms with Gasteiger partial charge in [0.15, 0.2) is 5.41 Å². The van der Waals surface area contributed by atoms with Crippen molar-refractivity contribution in [3.05, 3.63) is 0 Å². The first-order chi connectivity index (χ1) is 9.95. The molecule has 0 fully saturated rings. The van der Waals surface area contributed by atoms with Crippen LogP contribution in [0.2, 0.25) is 0 Å². The molecule has 0 saturated heterocycles. The van der Waals surface area contributed by atoms with Crippen LogP contribution in [0.15, 0.2) is 0 Å². The molecule has 0 spiro atoms. The first kappa shape index (κ1) is 18.9. The van der Waals surface area contributed by atoms with E-state index in [9.17, 15) is 19.6 Å². The lowest BCUT2D eigenvalue weighted by Gasteiger charge is -2.22. The largest absolute Gasteiger partial charge is 0.466 e. The third-order valence-corrected chi connectivity index (χ3v) is 2.69. The second-order valence-corrected chi connectivity index (χ2v) is 4.20. The number of carbonyl (C=O) groups excluding carboxylic acids is 3. The second-order valence-electron chi connectivity index (χ2n) is 4.20. The molecule has 0 aromatic carbocycles. The zero-order valence-corrected chi connectivity index (χ0v) is 12.6. The average molecular weight is 299 g/mol. The van der Waals surface area contributed by atoms with E-state index in [4.69, 9.17) is 14.2 Å². The van der Waals surface area contributed by atoms with E-state index in [1.54, 1.807) is 26.8 Å². The van der Waals surface area contributed by atoms with Crippen LogP contribution >= 0.6 is 0 Å². The summed E-state index contributed by atoms with van der Waals surface area (Å²) in [6, 6.07) is 1.80. The maximum atomic E-state index is 12.0. The minimum atomic E-state index is -1.73. The lowest BCUT2D eigenvalue weighted by atomic mass is 9.81. The monoisotopic (exact) mass is 299 g/mol. The summed E-state index contributed by atoms with van der Waals surface area (Å²) in [5.74, 6) is -2.05. The van der Waals surface area contributed by atoms with Crippen LogP contribution < -0.4 is 0 Å². The number of hydrogen-bond acceptors (Lipinski definition) is 7. The van der Waals surface area contributed by atoms with Crippen molar-refractivity contribution >= 4 is 17.9 Å². The quantitative estimate of drug-likeness (QED) is 0.467. The van der Waals surface area contributed by atoms with Gasteiger partial charge >= 0.3 is 17.9 Å². The van der Waals surface area contributed by atoms with Crippen LogP contribution in [0.1, 0.15) is 40.0 Å². The minimum Gasteiger partial charge on any atom is -0.466 e. The molecule has 21 heavy (non-hydrogen) atoms. The summed E-state index contributed by atoms with van der Waals surface area (Å²) in [6.07, 6.45) is -0.755. The van der Waals surface area contributed by atoms with Crippen LogP contribution in [0, 0.1) is 16.7 Å². The standard InChI is InChI=1S/C14H21NO6/c1-4-19-11(16)7-8-14(10-15,13(18)21-6-3)9-12(17)20-5-2/h4-9H2,1-3H3. The van der Waals surface area contributed by atoms with Gasteiger partial charge in [-0.3, -0.25) is 14.4 Å². The van der Waals surface area contributed by atoms with E-state index in [-0.39, 0.29) is 32.7 Å². The maximum Gasteiger partial charge on any atom is 0.327 e. The fourth-order valence-electron chi connectivity index (χ4n) is 1.68. The Morgan fingerprint density at radius 2 is 1.48 bits per heavy atom. The van der Waals surface area contributed by atoms with Gasteiger partial charge in [-0.15, -0.1) is 0 Å².